The quantitative estimate of drug-likeness (QED) is 0.764. The molecule has 0 spiro atoms. The Bertz CT molecular complexity index is 582. The van der Waals surface area contributed by atoms with Crippen LogP contribution < -0.4 is 15.2 Å². The van der Waals surface area contributed by atoms with Gasteiger partial charge in [-0.2, -0.15) is 8.42 Å². The van der Waals surface area contributed by atoms with Crippen molar-refractivity contribution in [1.82, 2.24) is 0 Å². The molecule has 1 unspecified atom stereocenters. The fourth-order valence-corrected chi connectivity index (χ4v) is 2.45. The van der Waals surface area contributed by atoms with Gasteiger partial charge in [0.25, 0.3) is 16.1 Å². The number of carbonyl (C=O) groups is 1. The Morgan fingerprint density at radius 2 is 2.05 bits per heavy atom. The molecule has 20 heavy (non-hydrogen) atoms. The van der Waals surface area contributed by atoms with Crippen molar-refractivity contribution in [2.75, 3.05) is 16.6 Å². The van der Waals surface area contributed by atoms with Gasteiger partial charge in [0.05, 0.1) is 5.69 Å². The summed E-state index contributed by atoms with van der Waals surface area (Å²) in [5.41, 5.74) is 0.771. The van der Waals surface area contributed by atoms with Gasteiger partial charge in [-0.15, -0.1) is 0 Å². The predicted molar refractivity (Wildman–Crippen MR) is 75.4 cm³/mol. The molecule has 7 nitrogen and oxygen atoms in total. The van der Waals surface area contributed by atoms with E-state index in [1.165, 1.54) is 12.1 Å². The fourth-order valence-electron chi connectivity index (χ4n) is 1.99. The van der Waals surface area contributed by atoms with Gasteiger partial charge in [-0.3, -0.25) is 9.52 Å². The highest BCUT2D eigenvalue weighted by molar-refractivity contribution is 7.90. The van der Waals surface area contributed by atoms with Gasteiger partial charge in [0.1, 0.15) is 6.10 Å². The first-order chi connectivity index (χ1) is 9.44. The molecule has 4 N–H and O–H groups in total. The Morgan fingerprint density at radius 1 is 1.30 bits per heavy atom. The second kappa shape index (κ2) is 6.21. The summed E-state index contributed by atoms with van der Waals surface area (Å²) in [5.74, 6) is -0.225. The van der Waals surface area contributed by atoms with Gasteiger partial charge in [-0.1, -0.05) is 6.07 Å². The van der Waals surface area contributed by atoms with E-state index < -0.39 is 16.3 Å². The third kappa shape index (κ3) is 4.48. The molecule has 110 valence electrons. The minimum Gasteiger partial charge on any atom is -0.368 e. The maximum Gasteiger partial charge on any atom is 0.296 e. The van der Waals surface area contributed by atoms with E-state index in [0.717, 1.165) is 12.8 Å². The van der Waals surface area contributed by atoms with Crippen molar-refractivity contribution >= 4 is 27.5 Å². The molecule has 8 heteroatoms. The van der Waals surface area contributed by atoms with Crippen LogP contribution in [0.25, 0.3) is 0 Å². The number of carbonyl (C=O) groups excluding carboxylic acids is 1. The predicted octanol–water partition coefficient (Wildman–Crippen LogP) is 0.810. The fraction of sp³-hybridized carbons (Fsp3) is 0.417. The Morgan fingerprint density at radius 3 is 2.70 bits per heavy atom. The molecule has 0 aliphatic carbocycles. The van der Waals surface area contributed by atoms with Crippen molar-refractivity contribution in [2.45, 2.75) is 25.4 Å². The summed E-state index contributed by atoms with van der Waals surface area (Å²) in [6.45, 7) is 0.588. The molecule has 1 aliphatic heterocycles. The van der Waals surface area contributed by atoms with Gasteiger partial charge in [0, 0.05) is 12.3 Å². The first kappa shape index (κ1) is 14.8. The smallest absolute Gasteiger partial charge is 0.296 e. The van der Waals surface area contributed by atoms with Crippen molar-refractivity contribution < 1.29 is 17.9 Å². The number of benzene rings is 1. The van der Waals surface area contributed by atoms with E-state index in [0.29, 0.717) is 18.7 Å². The van der Waals surface area contributed by atoms with E-state index in [2.05, 4.69) is 10.0 Å². The number of nitrogens with one attached hydrogen (secondary N) is 2. The van der Waals surface area contributed by atoms with Gasteiger partial charge in [0.2, 0.25) is 0 Å². The average molecular weight is 299 g/mol. The molecule has 2 rings (SSSR count). The van der Waals surface area contributed by atoms with Crippen LogP contribution in [0.2, 0.25) is 0 Å². The highest BCUT2D eigenvalue weighted by Gasteiger charge is 2.21. The van der Waals surface area contributed by atoms with Gasteiger partial charge in [-0.25, -0.2) is 5.14 Å². The van der Waals surface area contributed by atoms with Crippen LogP contribution in [0.15, 0.2) is 24.3 Å². The standard InChI is InChI=1S/C12H17N3O4S/c13-20(17,18)15-10-5-3-4-9(8-10)14-12(16)11-6-1-2-7-19-11/h3-5,8,11,15H,1-2,6-7H2,(H,14,16)(H2,13,17,18). The van der Waals surface area contributed by atoms with Crippen molar-refractivity contribution in [3.05, 3.63) is 24.3 Å². The molecule has 0 bridgehead atoms. The maximum atomic E-state index is 12.0. The molecular weight excluding hydrogens is 282 g/mol. The van der Waals surface area contributed by atoms with E-state index in [1.54, 1.807) is 12.1 Å². The Hall–Kier alpha value is -1.64. The highest BCUT2D eigenvalue weighted by atomic mass is 32.2. The molecule has 1 fully saturated rings. The lowest BCUT2D eigenvalue weighted by Gasteiger charge is -2.21. The van der Waals surface area contributed by atoms with Crippen LogP contribution in [-0.2, 0) is 19.7 Å². The van der Waals surface area contributed by atoms with E-state index in [1.807, 2.05) is 0 Å². The van der Waals surface area contributed by atoms with Crippen LogP contribution in [-0.4, -0.2) is 27.0 Å². The third-order valence-electron chi connectivity index (χ3n) is 2.86. The largest absolute Gasteiger partial charge is 0.368 e. The zero-order valence-corrected chi connectivity index (χ0v) is 11.7. The summed E-state index contributed by atoms with van der Waals surface area (Å²) in [7, 11) is -3.83. The zero-order chi connectivity index (χ0) is 14.6. The monoisotopic (exact) mass is 299 g/mol. The minimum atomic E-state index is -3.83. The topological polar surface area (TPSA) is 111 Å². The number of rotatable bonds is 4. The molecule has 0 saturated carbocycles. The lowest BCUT2D eigenvalue weighted by molar-refractivity contribution is -0.129. The molecule has 0 aromatic heterocycles. The minimum absolute atomic E-state index is 0.225. The molecule has 1 aliphatic rings. The van der Waals surface area contributed by atoms with Gasteiger partial charge in [-0.05, 0) is 37.5 Å². The first-order valence-corrected chi connectivity index (χ1v) is 7.82. The second-order valence-electron chi connectivity index (χ2n) is 4.57. The normalized spacial score (nSPS) is 19.4. The van der Waals surface area contributed by atoms with E-state index in [9.17, 15) is 13.2 Å². The Labute approximate surface area is 117 Å². The lowest BCUT2D eigenvalue weighted by Crippen LogP contribution is -2.33. The Balaban J connectivity index is 2.02. The molecular formula is C12H17N3O4S. The van der Waals surface area contributed by atoms with Crippen molar-refractivity contribution in [1.29, 1.82) is 0 Å². The van der Waals surface area contributed by atoms with Crippen molar-refractivity contribution in [3.63, 3.8) is 0 Å². The Kier molecular flexibility index (Phi) is 4.58. The van der Waals surface area contributed by atoms with Gasteiger partial charge in [0.15, 0.2) is 0 Å². The van der Waals surface area contributed by atoms with E-state index in [-0.39, 0.29) is 11.6 Å². The summed E-state index contributed by atoms with van der Waals surface area (Å²) in [6, 6.07) is 6.31. The van der Waals surface area contributed by atoms with Gasteiger partial charge >= 0.3 is 0 Å². The van der Waals surface area contributed by atoms with Crippen molar-refractivity contribution in [2.24, 2.45) is 5.14 Å². The number of anilines is 2. The second-order valence-corrected chi connectivity index (χ2v) is 5.87. The summed E-state index contributed by atoms with van der Waals surface area (Å²) in [4.78, 5) is 12.0. The number of hydrogen-bond donors (Lipinski definition) is 3. The van der Waals surface area contributed by atoms with E-state index in [4.69, 9.17) is 9.88 Å². The first-order valence-electron chi connectivity index (χ1n) is 6.27. The number of nitrogens with two attached hydrogens (primary N) is 1. The lowest BCUT2D eigenvalue weighted by atomic mass is 10.1. The van der Waals surface area contributed by atoms with Crippen LogP contribution in [0.3, 0.4) is 0 Å². The van der Waals surface area contributed by atoms with Crippen LogP contribution >= 0.6 is 0 Å². The van der Waals surface area contributed by atoms with Gasteiger partial charge < -0.3 is 10.1 Å². The number of hydrogen-bond acceptors (Lipinski definition) is 4. The molecule has 1 atom stereocenters. The summed E-state index contributed by atoms with van der Waals surface area (Å²) >= 11 is 0. The van der Waals surface area contributed by atoms with Crippen LogP contribution in [0.5, 0.6) is 0 Å². The van der Waals surface area contributed by atoms with Crippen LogP contribution in [0, 0.1) is 0 Å². The number of amides is 1. The highest BCUT2D eigenvalue weighted by Crippen LogP contribution is 2.18. The summed E-state index contributed by atoms with van der Waals surface area (Å²) < 4.78 is 29.4. The van der Waals surface area contributed by atoms with Crippen LogP contribution in [0.4, 0.5) is 11.4 Å². The molecule has 1 aromatic carbocycles. The average Bonchev–Trinajstić information content (AvgIpc) is 2.38. The third-order valence-corrected chi connectivity index (χ3v) is 3.38. The molecule has 0 radical (unpaired) electrons. The van der Waals surface area contributed by atoms with Crippen molar-refractivity contribution in [3.8, 4) is 0 Å². The molecule has 1 heterocycles. The van der Waals surface area contributed by atoms with E-state index >= 15 is 0 Å². The summed E-state index contributed by atoms with van der Waals surface area (Å²) in [6.07, 6.45) is 2.18. The van der Waals surface area contributed by atoms with Crippen LogP contribution in [0.1, 0.15) is 19.3 Å². The maximum absolute atomic E-state index is 12.0. The SMILES string of the molecule is NS(=O)(=O)Nc1cccc(NC(=O)C2CCCCO2)c1. The summed E-state index contributed by atoms with van der Waals surface area (Å²) in [5, 5.41) is 7.59. The molecule has 1 aromatic rings. The zero-order valence-electron chi connectivity index (χ0n) is 10.8. The molecule has 1 saturated heterocycles. The molecule has 1 amide bonds. The number of ether oxygens (including phenoxy) is 1.